The molecule has 0 aliphatic carbocycles. The van der Waals surface area contributed by atoms with Crippen LogP contribution in [0.15, 0.2) is 36.5 Å². The fraction of sp³-hybridized carbons (Fsp3) is 0.0714. The van der Waals surface area contributed by atoms with Crippen LogP contribution in [0.2, 0.25) is 4.34 Å². The van der Waals surface area contributed by atoms with Crippen LogP contribution in [0.4, 0.5) is 0 Å². The van der Waals surface area contributed by atoms with Crippen LogP contribution in [-0.4, -0.2) is 22.0 Å². The molecule has 7 heteroatoms. The fourth-order valence-corrected chi connectivity index (χ4v) is 2.48. The largest absolute Gasteiger partial charge is 0.478 e. The Morgan fingerprint density at radius 2 is 2.19 bits per heavy atom. The zero-order valence-electron chi connectivity index (χ0n) is 10.7. The zero-order chi connectivity index (χ0) is 15.2. The van der Waals surface area contributed by atoms with E-state index < -0.39 is 5.97 Å². The van der Waals surface area contributed by atoms with Crippen molar-refractivity contribution < 1.29 is 14.7 Å². The van der Waals surface area contributed by atoms with Gasteiger partial charge in [-0.2, -0.15) is 0 Å². The molecular formula is C14H11ClN2O3S. The Bertz CT molecular complexity index is 697. The second-order valence-electron chi connectivity index (χ2n) is 4.03. The normalized spacial score (nSPS) is 10.7. The molecule has 0 fully saturated rings. The van der Waals surface area contributed by atoms with Crippen molar-refractivity contribution in [2.24, 2.45) is 0 Å². The van der Waals surface area contributed by atoms with Crippen molar-refractivity contribution in [3.05, 3.63) is 57.0 Å². The van der Waals surface area contributed by atoms with Gasteiger partial charge < -0.3 is 10.4 Å². The smallest absolute Gasteiger partial charge is 0.335 e. The molecule has 0 unspecified atom stereocenters. The number of nitrogens with one attached hydrogen (secondary N) is 1. The topological polar surface area (TPSA) is 79.3 Å². The first-order chi connectivity index (χ1) is 10.0. The van der Waals surface area contributed by atoms with Crippen LogP contribution in [0.1, 0.15) is 20.9 Å². The minimum Gasteiger partial charge on any atom is -0.478 e. The van der Waals surface area contributed by atoms with E-state index in [9.17, 15) is 9.59 Å². The van der Waals surface area contributed by atoms with E-state index in [1.165, 1.54) is 35.7 Å². The molecule has 0 bridgehead atoms. The van der Waals surface area contributed by atoms with Gasteiger partial charge in [0, 0.05) is 17.2 Å². The zero-order valence-corrected chi connectivity index (χ0v) is 12.3. The van der Waals surface area contributed by atoms with Gasteiger partial charge in [0.05, 0.1) is 22.1 Å². The third-order valence-corrected chi connectivity index (χ3v) is 3.70. The van der Waals surface area contributed by atoms with Gasteiger partial charge in [0.2, 0.25) is 5.91 Å². The van der Waals surface area contributed by atoms with Gasteiger partial charge in [0.1, 0.15) is 0 Å². The molecule has 1 amide bonds. The Labute approximate surface area is 129 Å². The molecule has 21 heavy (non-hydrogen) atoms. The maximum Gasteiger partial charge on any atom is 0.335 e. The first-order valence-electron chi connectivity index (χ1n) is 5.94. The van der Waals surface area contributed by atoms with E-state index in [0.29, 0.717) is 10.0 Å². The van der Waals surface area contributed by atoms with E-state index in [1.807, 2.05) is 6.07 Å². The molecule has 2 heterocycles. The lowest BCUT2D eigenvalue weighted by molar-refractivity contribution is -0.116. The van der Waals surface area contributed by atoms with E-state index in [1.54, 1.807) is 12.1 Å². The summed E-state index contributed by atoms with van der Waals surface area (Å²) in [5.41, 5.74) is 0.619. The number of rotatable bonds is 5. The molecule has 0 spiro atoms. The molecular weight excluding hydrogens is 312 g/mol. The molecule has 0 atom stereocenters. The van der Waals surface area contributed by atoms with Crippen LogP contribution in [0.25, 0.3) is 6.08 Å². The number of carboxylic acids is 1. The van der Waals surface area contributed by atoms with Crippen molar-refractivity contribution in [1.82, 2.24) is 10.3 Å². The maximum atomic E-state index is 11.6. The van der Waals surface area contributed by atoms with E-state index in [2.05, 4.69) is 10.3 Å². The first kappa shape index (κ1) is 15.2. The number of carbonyl (C=O) groups is 2. The number of hydrogen-bond acceptors (Lipinski definition) is 4. The molecule has 0 aliphatic heterocycles. The number of nitrogens with zero attached hydrogens (tertiary/aromatic N) is 1. The van der Waals surface area contributed by atoms with E-state index in [4.69, 9.17) is 16.7 Å². The highest BCUT2D eigenvalue weighted by Crippen LogP contribution is 2.22. The fourth-order valence-electron chi connectivity index (χ4n) is 1.52. The molecule has 2 rings (SSSR count). The van der Waals surface area contributed by atoms with Crippen molar-refractivity contribution >= 4 is 40.9 Å². The van der Waals surface area contributed by atoms with Gasteiger partial charge in [-0.1, -0.05) is 11.6 Å². The summed E-state index contributed by atoms with van der Waals surface area (Å²) in [5.74, 6) is -1.32. The maximum absolute atomic E-state index is 11.6. The van der Waals surface area contributed by atoms with Gasteiger partial charge in [-0.3, -0.25) is 9.78 Å². The molecule has 108 valence electrons. The first-order valence-corrected chi connectivity index (χ1v) is 7.13. The van der Waals surface area contributed by atoms with Gasteiger partial charge in [0.25, 0.3) is 0 Å². The number of carbonyl (C=O) groups excluding carboxylic acids is 1. The van der Waals surface area contributed by atoms with Crippen molar-refractivity contribution in [3.8, 4) is 0 Å². The Morgan fingerprint density at radius 1 is 1.38 bits per heavy atom. The molecule has 2 aromatic rings. The summed E-state index contributed by atoms with van der Waals surface area (Å²) in [6.45, 7) is 0.162. The average Bonchev–Trinajstić information content (AvgIpc) is 2.89. The molecule has 0 aliphatic rings. The van der Waals surface area contributed by atoms with Crippen molar-refractivity contribution in [2.45, 2.75) is 6.54 Å². The number of thiophene rings is 1. The molecule has 0 saturated carbocycles. The summed E-state index contributed by atoms with van der Waals surface area (Å²) in [5, 5.41) is 11.5. The lowest BCUT2D eigenvalue weighted by Gasteiger charge is -2.02. The van der Waals surface area contributed by atoms with Crippen molar-refractivity contribution in [2.75, 3.05) is 0 Å². The van der Waals surface area contributed by atoms with Gasteiger partial charge in [-0.15, -0.1) is 11.3 Å². The molecule has 2 aromatic heterocycles. The lowest BCUT2D eigenvalue weighted by atomic mass is 10.2. The number of halogens is 1. The second-order valence-corrected chi connectivity index (χ2v) is 5.78. The summed E-state index contributed by atoms with van der Waals surface area (Å²) in [6.07, 6.45) is 4.45. The highest BCUT2D eigenvalue weighted by atomic mass is 35.5. The van der Waals surface area contributed by atoms with E-state index >= 15 is 0 Å². The summed E-state index contributed by atoms with van der Waals surface area (Å²) in [7, 11) is 0. The Hall–Kier alpha value is -2.18. The number of pyridine rings is 1. The number of aromatic carboxylic acids is 1. The van der Waals surface area contributed by atoms with Crippen LogP contribution in [0.5, 0.6) is 0 Å². The van der Waals surface area contributed by atoms with Gasteiger partial charge in [-0.05, 0) is 30.3 Å². The van der Waals surface area contributed by atoms with Crippen LogP contribution in [0.3, 0.4) is 0 Å². The van der Waals surface area contributed by atoms with Crippen LogP contribution < -0.4 is 5.32 Å². The summed E-state index contributed by atoms with van der Waals surface area (Å²) >= 11 is 7.16. The minimum absolute atomic E-state index is 0.137. The second kappa shape index (κ2) is 7.01. The summed E-state index contributed by atoms with van der Waals surface area (Å²) in [6, 6.07) is 6.39. The molecule has 0 saturated heterocycles. The third-order valence-electron chi connectivity index (χ3n) is 2.50. The standard InChI is InChI=1S/C14H11ClN2O3S/c15-12-3-1-11(21-12)2-4-13(18)17-8-10-7-9(14(19)20)5-6-16-10/h1-7H,8H2,(H,17,18)(H,19,20)/b4-2+. The monoisotopic (exact) mass is 322 g/mol. The number of hydrogen-bond donors (Lipinski definition) is 2. The van der Waals surface area contributed by atoms with Gasteiger partial charge in [0.15, 0.2) is 0 Å². The molecule has 0 radical (unpaired) electrons. The van der Waals surface area contributed by atoms with Crippen LogP contribution in [-0.2, 0) is 11.3 Å². The average molecular weight is 323 g/mol. The number of aromatic nitrogens is 1. The quantitative estimate of drug-likeness (QED) is 0.830. The third kappa shape index (κ3) is 4.70. The minimum atomic E-state index is -1.03. The predicted molar refractivity (Wildman–Crippen MR) is 81.4 cm³/mol. The number of amides is 1. The predicted octanol–water partition coefficient (Wildman–Crippen LogP) is 2.82. The molecule has 5 nitrogen and oxygen atoms in total. The highest BCUT2D eigenvalue weighted by Gasteiger charge is 2.05. The Morgan fingerprint density at radius 3 is 2.86 bits per heavy atom. The highest BCUT2D eigenvalue weighted by molar-refractivity contribution is 7.17. The Balaban J connectivity index is 1.90. The molecule has 0 aromatic carbocycles. The van der Waals surface area contributed by atoms with Crippen LogP contribution in [0, 0.1) is 0 Å². The van der Waals surface area contributed by atoms with E-state index in [0.717, 1.165) is 4.88 Å². The SMILES string of the molecule is O=C(/C=C/c1ccc(Cl)s1)NCc1cc(C(=O)O)ccn1. The summed E-state index contributed by atoms with van der Waals surface area (Å²) in [4.78, 5) is 27.3. The Kier molecular flexibility index (Phi) is 5.08. The van der Waals surface area contributed by atoms with Gasteiger partial charge >= 0.3 is 5.97 Å². The van der Waals surface area contributed by atoms with Crippen molar-refractivity contribution in [3.63, 3.8) is 0 Å². The van der Waals surface area contributed by atoms with Gasteiger partial charge in [-0.25, -0.2) is 4.79 Å². The molecule has 2 N–H and O–H groups in total. The lowest BCUT2D eigenvalue weighted by Crippen LogP contribution is -2.21. The van der Waals surface area contributed by atoms with Crippen LogP contribution >= 0.6 is 22.9 Å². The van der Waals surface area contributed by atoms with Crippen molar-refractivity contribution in [1.29, 1.82) is 0 Å². The number of carboxylic acid groups (broad SMARTS) is 1. The summed E-state index contributed by atoms with van der Waals surface area (Å²) < 4.78 is 0.657. The van der Waals surface area contributed by atoms with E-state index in [-0.39, 0.29) is 18.0 Å².